The fourth-order valence-electron chi connectivity index (χ4n) is 2.02. The molecule has 0 atom stereocenters. The molecule has 0 fully saturated rings. The van der Waals surface area contributed by atoms with Crippen molar-refractivity contribution in [2.24, 2.45) is 0 Å². The summed E-state index contributed by atoms with van der Waals surface area (Å²) in [7, 11) is 0. The Morgan fingerprint density at radius 1 is 0.800 bits per heavy atom. The maximum absolute atomic E-state index is 3.51. The van der Waals surface area contributed by atoms with Crippen LogP contribution in [0.4, 0.5) is 5.69 Å². The third-order valence-electron chi connectivity index (χ3n) is 2.90. The van der Waals surface area contributed by atoms with Crippen LogP contribution in [0.5, 0.6) is 0 Å². The van der Waals surface area contributed by atoms with E-state index >= 15 is 0 Å². The fraction of sp³-hybridized carbons (Fsp3) is 0. The Balaban J connectivity index is 1.87. The lowest BCUT2D eigenvalue weighted by Crippen LogP contribution is -1.88. The molecule has 3 rings (SSSR count). The highest BCUT2D eigenvalue weighted by Gasteiger charge is 2.02. The molecule has 0 bridgehead atoms. The molecular formula is C16H11Br2NS. The monoisotopic (exact) mass is 407 g/mol. The van der Waals surface area contributed by atoms with E-state index in [-0.39, 0.29) is 0 Å². The van der Waals surface area contributed by atoms with E-state index in [0.29, 0.717) is 0 Å². The molecule has 0 spiro atoms. The molecule has 0 saturated heterocycles. The molecule has 0 aliphatic carbocycles. The highest BCUT2D eigenvalue weighted by Crippen LogP contribution is 2.30. The van der Waals surface area contributed by atoms with Gasteiger partial charge in [0.05, 0.1) is 5.69 Å². The molecule has 0 aliphatic rings. The Morgan fingerprint density at radius 3 is 2.30 bits per heavy atom. The number of anilines is 1. The van der Waals surface area contributed by atoms with Crippen molar-refractivity contribution in [2.45, 2.75) is 4.90 Å². The summed E-state index contributed by atoms with van der Waals surface area (Å²) >= 11 is 8.62. The van der Waals surface area contributed by atoms with Crippen LogP contribution in [-0.4, -0.2) is 0 Å². The zero-order chi connectivity index (χ0) is 13.9. The molecule has 20 heavy (non-hydrogen) atoms. The number of fused-ring (bicyclic) bond motifs is 1. The lowest BCUT2D eigenvalue weighted by atomic mass is 10.1. The summed E-state index contributed by atoms with van der Waals surface area (Å²) in [5, 5.41) is 2.48. The summed E-state index contributed by atoms with van der Waals surface area (Å²) in [6.07, 6.45) is 0. The van der Waals surface area contributed by atoms with Crippen molar-refractivity contribution in [3.63, 3.8) is 0 Å². The first-order valence-corrected chi connectivity index (χ1v) is 8.49. The average molecular weight is 409 g/mol. The van der Waals surface area contributed by atoms with Crippen LogP contribution in [0, 0.1) is 0 Å². The maximum atomic E-state index is 3.51. The van der Waals surface area contributed by atoms with E-state index in [4.69, 9.17) is 0 Å². The number of nitrogens with one attached hydrogen (secondary N) is 1. The molecule has 3 aromatic carbocycles. The highest BCUT2D eigenvalue weighted by atomic mass is 79.9. The molecule has 100 valence electrons. The molecule has 0 aromatic heterocycles. The van der Waals surface area contributed by atoms with Crippen molar-refractivity contribution in [3.05, 3.63) is 69.6 Å². The van der Waals surface area contributed by atoms with Gasteiger partial charge in [0.15, 0.2) is 0 Å². The van der Waals surface area contributed by atoms with Crippen molar-refractivity contribution in [3.8, 4) is 0 Å². The standard InChI is InChI=1S/C16H11Br2NS/c17-12-8-13(18)10-14(9-12)20-19-16-7-3-5-11-4-1-2-6-15(11)16/h1-10,19H. The van der Waals surface area contributed by atoms with Gasteiger partial charge in [-0.2, -0.15) is 0 Å². The molecule has 3 aromatic rings. The van der Waals surface area contributed by atoms with Gasteiger partial charge in [-0.1, -0.05) is 68.3 Å². The highest BCUT2D eigenvalue weighted by molar-refractivity contribution is 9.11. The van der Waals surface area contributed by atoms with Crippen LogP contribution in [-0.2, 0) is 0 Å². The summed E-state index contributed by atoms with van der Waals surface area (Å²) in [6.45, 7) is 0. The van der Waals surface area contributed by atoms with Gasteiger partial charge in [-0.25, -0.2) is 0 Å². The van der Waals surface area contributed by atoms with Gasteiger partial charge in [-0.3, -0.25) is 0 Å². The third-order valence-corrected chi connectivity index (χ3v) is 4.61. The Hall–Kier alpha value is -0.970. The predicted octanol–water partition coefficient (Wildman–Crippen LogP) is 6.48. The topological polar surface area (TPSA) is 12.0 Å². The second-order valence-corrected chi connectivity index (χ2v) is 7.05. The SMILES string of the molecule is Brc1cc(Br)cc(SNc2cccc3ccccc23)c1. The molecule has 0 radical (unpaired) electrons. The molecule has 0 unspecified atom stereocenters. The normalized spacial score (nSPS) is 10.7. The van der Waals surface area contributed by atoms with Gasteiger partial charge in [0.25, 0.3) is 0 Å². The number of rotatable bonds is 3. The molecule has 0 heterocycles. The second kappa shape index (κ2) is 6.20. The lowest BCUT2D eigenvalue weighted by molar-refractivity contribution is 1.41. The van der Waals surface area contributed by atoms with Crippen LogP contribution in [0.1, 0.15) is 0 Å². The quantitative estimate of drug-likeness (QED) is 0.497. The largest absolute Gasteiger partial charge is 0.325 e. The van der Waals surface area contributed by atoms with Crippen molar-refractivity contribution < 1.29 is 0 Å². The maximum Gasteiger partial charge on any atom is 0.0522 e. The first-order valence-electron chi connectivity index (χ1n) is 6.09. The Morgan fingerprint density at radius 2 is 1.50 bits per heavy atom. The zero-order valence-corrected chi connectivity index (χ0v) is 14.4. The summed E-state index contributed by atoms with van der Waals surface area (Å²) in [5.41, 5.74) is 1.13. The van der Waals surface area contributed by atoms with Gasteiger partial charge < -0.3 is 4.72 Å². The van der Waals surface area contributed by atoms with Crippen LogP contribution in [0.2, 0.25) is 0 Å². The summed E-state index contributed by atoms with van der Waals surface area (Å²) < 4.78 is 5.56. The summed E-state index contributed by atoms with van der Waals surface area (Å²) in [4.78, 5) is 1.15. The zero-order valence-electron chi connectivity index (χ0n) is 10.4. The Bertz CT molecular complexity index is 733. The number of halogens is 2. The Kier molecular flexibility index (Phi) is 4.34. The first-order chi connectivity index (χ1) is 9.72. The van der Waals surface area contributed by atoms with E-state index in [1.54, 1.807) is 11.9 Å². The lowest BCUT2D eigenvalue weighted by Gasteiger charge is -2.09. The molecule has 1 nitrogen and oxygen atoms in total. The van der Waals surface area contributed by atoms with Gasteiger partial charge in [-0.15, -0.1) is 0 Å². The van der Waals surface area contributed by atoms with Gasteiger partial charge in [0.1, 0.15) is 0 Å². The molecule has 0 aliphatic heterocycles. The van der Waals surface area contributed by atoms with E-state index in [9.17, 15) is 0 Å². The Labute approximate surface area is 139 Å². The number of hydrogen-bond acceptors (Lipinski definition) is 2. The second-order valence-electron chi connectivity index (χ2n) is 4.34. The number of hydrogen-bond donors (Lipinski definition) is 1. The van der Waals surface area contributed by atoms with E-state index in [0.717, 1.165) is 19.5 Å². The van der Waals surface area contributed by atoms with Crippen molar-refractivity contribution in [2.75, 3.05) is 4.72 Å². The molecule has 0 saturated carbocycles. The minimum atomic E-state index is 1.06. The van der Waals surface area contributed by atoms with Gasteiger partial charge in [0, 0.05) is 19.2 Å². The van der Waals surface area contributed by atoms with Crippen LogP contribution in [0.3, 0.4) is 0 Å². The van der Waals surface area contributed by atoms with Crippen LogP contribution in [0.15, 0.2) is 74.5 Å². The van der Waals surface area contributed by atoms with E-state index in [1.807, 2.05) is 6.07 Å². The van der Waals surface area contributed by atoms with Gasteiger partial charge in [0.2, 0.25) is 0 Å². The minimum Gasteiger partial charge on any atom is -0.325 e. The van der Waals surface area contributed by atoms with Crippen LogP contribution < -0.4 is 4.72 Å². The van der Waals surface area contributed by atoms with Crippen molar-refractivity contribution >= 4 is 60.3 Å². The molecule has 4 heteroatoms. The number of benzene rings is 3. The van der Waals surface area contributed by atoms with E-state index < -0.39 is 0 Å². The third kappa shape index (κ3) is 3.19. The first kappa shape index (κ1) is 14.0. The van der Waals surface area contributed by atoms with E-state index in [2.05, 4.69) is 91.2 Å². The molecule has 1 N–H and O–H groups in total. The van der Waals surface area contributed by atoms with Gasteiger partial charge in [-0.05, 0) is 41.6 Å². The van der Waals surface area contributed by atoms with Crippen molar-refractivity contribution in [1.82, 2.24) is 0 Å². The predicted molar refractivity (Wildman–Crippen MR) is 95.3 cm³/mol. The minimum absolute atomic E-state index is 1.06. The van der Waals surface area contributed by atoms with Crippen LogP contribution in [0.25, 0.3) is 10.8 Å². The van der Waals surface area contributed by atoms with Crippen molar-refractivity contribution in [1.29, 1.82) is 0 Å². The van der Waals surface area contributed by atoms with Gasteiger partial charge >= 0.3 is 0 Å². The smallest absolute Gasteiger partial charge is 0.0522 e. The summed E-state index contributed by atoms with van der Waals surface area (Å²) in [6, 6.07) is 20.9. The average Bonchev–Trinajstić information content (AvgIpc) is 2.44. The molecule has 0 amide bonds. The molecular weight excluding hydrogens is 398 g/mol. The van der Waals surface area contributed by atoms with E-state index in [1.165, 1.54) is 10.8 Å². The van der Waals surface area contributed by atoms with Crippen LogP contribution >= 0.6 is 43.8 Å². The fourth-order valence-corrected chi connectivity index (χ4v) is 4.39. The summed E-state index contributed by atoms with van der Waals surface area (Å²) in [5.74, 6) is 0.